The van der Waals surface area contributed by atoms with Crippen molar-refractivity contribution in [1.29, 1.82) is 0 Å². The quantitative estimate of drug-likeness (QED) is 0.415. The van der Waals surface area contributed by atoms with Crippen LogP contribution in [0.4, 0.5) is 22.8 Å². The van der Waals surface area contributed by atoms with Crippen LogP contribution in [0.5, 0.6) is 0 Å². The maximum absolute atomic E-state index is 14.5. The number of cyclic esters (lactones) is 1. The number of benzene rings is 2. The van der Waals surface area contributed by atoms with Gasteiger partial charge >= 0.3 is 18.1 Å². The Morgan fingerprint density at radius 3 is 2.46 bits per heavy atom. The highest BCUT2D eigenvalue weighted by Crippen LogP contribution is 2.43. The first-order valence-corrected chi connectivity index (χ1v) is 13.4. The number of nitrogens with zero attached hydrogens (tertiary/aromatic N) is 3. The van der Waals surface area contributed by atoms with E-state index in [9.17, 15) is 27.6 Å². The average Bonchev–Trinajstić information content (AvgIpc) is 3.58. The minimum atomic E-state index is -1.55. The molecule has 3 unspecified atom stereocenters. The van der Waals surface area contributed by atoms with Gasteiger partial charge in [0.15, 0.2) is 11.6 Å². The first kappa shape index (κ1) is 28.4. The van der Waals surface area contributed by atoms with Crippen LogP contribution < -0.4 is 5.32 Å². The number of esters is 1. The van der Waals surface area contributed by atoms with Crippen LogP contribution in [0.2, 0.25) is 0 Å². The van der Waals surface area contributed by atoms with Crippen LogP contribution in [0.15, 0.2) is 42.5 Å². The number of carbonyl (C=O) groups excluding carboxylic acids is 3. The van der Waals surface area contributed by atoms with E-state index in [1.165, 1.54) is 12.1 Å². The Morgan fingerprint density at radius 1 is 1.07 bits per heavy atom. The van der Waals surface area contributed by atoms with Gasteiger partial charge in [0, 0.05) is 38.0 Å². The summed E-state index contributed by atoms with van der Waals surface area (Å²) in [6, 6.07) is 6.84. The standard InChI is InChI=1S/C29H29F3N4O5/c1-33-29(20-5-3-4-6-21(20)30)12-9-19(10-13-29)35-14-11-18(16-35)34-27(38)36-24(17-7-8-22(31)23(32)15-17)25(26(37)40-2)41-28(36)39/h3-8,15,18-19,24-25H,9-14,16H2,2H3,(H,34,38). The van der Waals surface area contributed by atoms with Crippen LogP contribution >= 0.6 is 0 Å². The van der Waals surface area contributed by atoms with E-state index in [1.807, 2.05) is 0 Å². The molecule has 0 radical (unpaired) electrons. The van der Waals surface area contributed by atoms with Crippen LogP contribution in [0.25, 0.3) is 4.85 Å². The Balaban J connectivity index is 1.25. The molecule has 41 heavy (non-hydrogen) atoms. The summed E-state index contributed by atoms with van der Waals surface area (Å²) in [5.41, 5.74) is -0.469. The van der Waals surface area contributed by atoms with E-state index < -0.39 is 47.4 Å². The maximum Gasteiger partial charge on any atom is 0.419 e. The van der Waals surface area contributed by atoms with Gasteiger partial charge in [-0.05, 0) is 49.1 Å². The molecular weight excluding hydrogens is 541 g/mol. The van der Waals surface area contributed by atoms with Crippen LogP contribution in [0.1, 0.15) is 49.3 Å². The van der Waals surface area contributed by atoms with E-state index >= 15 is 0 Å². The third kappa shape index (κ3) is 5.34. The number of ether oxygens (including phenoxy) is 2. The van der Waals surface area contributed by atoms with Crippen LogP contribution in [0, 0.1) is 24.0 Å². The Hall–Kier alpha value is -4.11. The summed E-state index contributed by atoms with van der Waals surface area (Å²) in [5, 5.41) is 2.81. The van der Waals surface area contributed by atoms with E-state index in [2.05, 4.69) is 15.1 Å². The molecule has 0 spiro atoms. The van der Waals surface area contributed by atoms with Crippen molar-refractivity contribution in [2.45, 2.75) is 61.9 Å². The van der Waals surface area contributed by atoms with Gasteiger partial charge in [-0.1, -0.05) is 18.2 Å². The molecule has 5 rings (SSSR count). The Labute approximate surface area is 235 Å². The molecule has 12 heteroatoms. The van der Waals surface area contributed by atoms with Gasteiger partial charge in [-0.3, -0.25) is 4.90 Å². The van der Waals surface area contributed by atoms with Crippen LogP contribution in [-0.2, 0) is 19.8 Å². The molecule has 2 saturated heterocycles. The molecule has 1 N–H and O–H groups in total. The summed E-state index contributed by atoms with van der Waals surface area (Å²) in [6.45, 7) is 8.96. The molecule has 3 atom stereocenters. The second-order valence-corrected chi connectivity index (χ2v) is 10.6. The fourth-order valence-corrected chi connectivity index (χ4v) is 6.21. The van der Waals surface area contributed by atoms with E-state index in [1.54, 1.807) is 18.2 Å². The molecule has 0 bridgehead atoms. The van der Waals surface area contributed by atoms with Gasteiger partial charge in [0.05, 0.1) is 12.7 Å². The van der Waals surface area contributed by atoms with Crippen LogP contribution in [-0.4, -0.2) is 66.3 Å². The van der Waals surface area contributed by atoms with Crippen molar-refractivity contribution in [2.75, 3.05) is 20.2 Å². The number of hydrogen-bond acceptors (Lipinski definition) is 6. The van der Waals surface area contributed by atoms with Crippen molar-refractivity contribution >= 4 is 18.1 Å². The van der Waals surface area contributed by atoms with Gasteiger partial charge in [-0.2, -0.15) is 0 Å². The second kappa shape index (κ2) is 11.4. The fourth-order valence-electron chi connectivity index (χ4n) is 6.21. The molecule has 2 aromatic carbocycles. The van der Waals surface area contributed by atoms with Gasteiger partial charge in [0.25, 0.3) is 5.54 Å². The lowest BCUT2D eigenvalue weighted by molar-refractivity contribution is -0.150. The van der Waals surface area contributed by atoms with Gasteiger partial charge in [-0.25, -0.2) is 39.0 Å². The minimum Gasteiger partial charge on any atom is -0.466 e. The Kier molecular flexibility index (Phi) is 7.91. The third-order valence-electron chi connectivity index (χ3n) is 8.36. The van der Waals surface area contributed by atoms with E-state index in [0.717, 1.165) is 19.2 Å². The van der Waals surface area contributed by atoms with E-state index in [0.29, 0.717) is 55.7 Å². The van der Waals surface area contributed by atoms with Gasteiger partial charge in [0.2, 0.25) is 6.10 Å². The second-order valence-electron chi connectivity index (χ2n) is 10.6. The highest BCUT2D eigenvalue weighted by Gasteiger charge is 2.51. The number of urea groups is 1. The summed E-state index contributed by atoms with van der Waals surface area (Å²) in [5.74, 6) is -3.65. The zero-order valence-electron chi connectivity index (χ0n) is 22.3. The molecule has 3 fully saturated rings. The maximum atomic E-state index is 14.5. The zero-order valence-corrected chi connectivity index (χ0v) is 22.3. The minimum absolute atomic E-state index is 0.00584. The molecule has 2 aromatic rings. The number of imide groups is 1. The molecular formula is C29H29F3N4O5. The number of methoxy groups -OCH3 is 1. The Morgan fingerprint density at radius 2 is 1.80 bits per heavy atom. The number of amides is 3. The SMILES string of the molecule is [C-]#[N+]C1(c2ccccc2F)CCC(N2CCC(NC(=O)N3C(=O)OC(C(=O)OC)C3c3ccc(F)c(F)c3)C2)CC1. The van der Waals surface area contributed by atoms with E-state index in [4.69, 9.17) is 16.0 Å². The smallest absolute Gasteiger partial charge is 0.419 e. The number of rotatable bonds is 5. The summed E-state index contributed by atoms with van der Waals surface area (Å²) < 4.78 is 51.9. The topological polar surface area (TPSA) is 92.5 Å². The first-order chi connectivity index (χ1) is 19.7. The summed E-state index contributed by atoms with van der Waals surface area (Å²) in [7, 11) is 1.08. The largest absolute Gasteiger partial charge is 0.466 e. The number of carbonyl (C=O) groups is 3. The fraction of sp³-hybridized carbons (Fsp3) is 0.448. The highest BCUT2D eigenvalue weighted by molar-refractivity contribution is 5.96. The molecule has 2 heterocycles. The molecule has 216 valence electrons. The predicted octanol–water partition coefficient (Wildman–Crippen LogP) is 4.68. The number of nitrogens with one attached hydrogen (secondary N) is 1. The van der Waals surface area contributed by atoms with Crippen molar-refractivity contribution < 1.29 is 37.0 Å². The lowest BCUT2D eigenvalue weighted by atomic mass is 9.75. The Bertz CT molecular complexity index is 1390. The number of likely N-dealkylation sites (tertiary alicyclic amines) is 1. The molecule has 3 amide bonds. The van der Waals surface area contributed by atoms with Gasteiger partial charge in [0.1, 0.15) is 11.9 Å². The summed E-state index contributed by atoms with van der Waals surface area (Å²) >= 11 is 0. The number of halogens is 3. The molecule has 1 aliphatic carbocycles. The molecule has 9 nitrogen and oxygen atoms in total. The van der Waals surface area contributed by atoms with Crippen molar-refractivity contribution in [1.82, 2.24) is 15.1 Å². The monoisotopic (exact) mass is 570 g/mol. The molecule has 1 saturated carbocycles. The third-order valence-corrected chi connectivity index (χ3v) is 8.36. The zero-order chi connectivity index (χ0) is 29.3. The van der Waals surface area contributed by atoms with Crippen molar-refractivity contribution in [3.05, 3.63) is 82.5 Å². The summed E-state index contributed by atoms with van der Waals surface area (Å²) in [4.78, 5) is 45.1. The average molecular weight is 571 g/mol. The summed E-state index contributed by atoms with van der Waals surface area (Å²) in [6.07, 6.45) is 0.327. The van der Waals surface area contributed by atoms with Crippen molar-refractivity contribution in [3.8, 4) is 0 Å². The lowest BCUT2D eigenvalue weighted by Crippen LogP contribution is -2.48. The highest BCUT2D eigenvalue weighted by atomic mass is 19.2. The van der Waals surface area contributed by atoms with Crippen molar-refractivity contribution in [3.63, 3.8) is 0 Å². The molecule has 0 aromatic heterocycles. The van der Waals surface area contributed by atoms with Crippen molar-refractivity contribution in [2.24, 2.45) is 0 Å². The van der Waals surface area contributed by atoms with Crippen LogP contribution in [0.3, 0.4) is 0 Å². The first-order valence-electron chi connectivity index (χ1n) is 13.4. The molecule has 2 aliphatic heterocycles. The normalized spacial score (nSPS) is 28.2. The van der Waals surface area contributed by atoms with E-state index in [-0.39, 0.29) is 23.5 Å². The molecule has 3 aliphatic rings. The van der Waals surface area contributed by atoms with Gasteiger partial charge in [-0.15, -0.1) is 0 Å². The predicted molar refractivity (Wildman–Crippen MR) is 139 cm³/mol. The van der Waals surface area contributed by atoms with Gasteiger partial charge < -0.3 is 19.6 Å². The lowest BCUT2D eigenvalue weighted by Gasteiger charge is -2.36. The number of hydrogen-bond donors (Lipinski definition) is 1.